The summed E-state index contributed by atoms with van der Waals surface area (Å²) in [4.78, 5) is 16.3. The van der Waals surface area contributed by atoms with Gasteiger partial charge in [-0.3, -0.25) is 4.79 Å². The molecule has 0 spiro atoms. The largest absolute Gasteiger partial charge is 0.330 e. The third kappa shape index (κ3) is 3.91. The Morgan fingerprint density at radius 3 is 2.56 bits per heavy atom. The van der Waals surface area contributed by atoms with Gasteiger partial charge in [-0.15, -0.1) is 0 Å². The van der Waals surface area contributed by atoms with E-state index in [4.69, 9.17) is 5.73 Å². The zero-order valence-corrected chi connectivity index (χ0v) is 11.8. The average molecular weight is 252 g/mol. The molecule has 102 valence electrons. The van der Waals surface area contributed by atoms with Gasteiger partial charge in [0.2, 0.25) is 0 Å². The minimum Gasteiger partial charge on any atom is -0.330 e. The van der Waals surface area contributed by atoms with Crippen LogP contribution in [0, 0.1) is 17.8 Å². The average Bonchev–Trinajstić information content (AvgIpc) is 2.65. The molecule has 5 heteroatoms. The van der Waals surface area contributed by atoms with Gasteiger partial charge in [0.1, 0.15) is 17.9 Å². The van der Waals surface area contributed by atoms with E-state index in [1.165, 1.54) is 6.33 Å². The number of carbonyl (C=O) groups is 1. The molecule has 0 saturated heterocycles. The zero-order valence-electron chi connectivity index (χ0n) is 11.8. The van der Waals surface area contributed by atoms with Crippen molar-refractivity contribution in [2.75, 3.05) is 6.54 Å². The van der Waals surface area contributed by atoms with E-state index in [1.54, 1.807) is 0 Å². The second kappa shape index (κ2) is 6.64. The van der Waals surface area contributed by atoms with Gasteiger partial charge in [-0.1, -0.05) is 27.7 Å². The van der Waals surface area contributed by atoms with Gasteiger partial charge in [-0.05, 0) is 11.8 Å². The van der Waals surface area contributed by atoms with Gasteiger partial charge in [0.15, 0.2) is 0 Å². The molecule has 0 aliphatic heterocycles. The highest BCUT2D eigenvalue weighted by atomic mass is 16.1. The minimum atomic E-state index is -0.0887. The molecule has 0 fully saturated rings. The summed E-state index contributed by atoms with van der Waals surface area (Å²) in [6.45, 7) is 9.46. The molecule has 0 aliphatic carbocycles. The summed E-state index contributed by atoms with van der Waals surface area (Å²) in [6.07, 6.45) is 1.84. The van der Waals surface area contributed by atoms with Crippen LogP contribution in [0.4, 0.5) is 0 Å². The fourth-order valence-corrected chi connectivity index (χ4v) is 1.99. The first-order chi connectivity index (χ1) is 8.45. The summed E-state index contributed by atoms with van der Waals surface area (Å²) in [5.41, 5.74) is 5.66. The second-order valence-corrected chi connectivity index (χ2v) is 5.48. The van der Waals surface area contributed by atoms with E-state index in [9.17, 15) is 4.79 Å². The Kier molecular flexibility index (Phi) is 5.47. The monoisotopic (exact) mass is 252 g/mol. The molecule has 1 heterocycles. The van der Waals surface area contributed by atoms with Crippen molar-refractivity contribution in [2.45, 2.75) is 40.7 Å². The van der Waals surface area contributed by atoms with Crippen LogP contribution < -0.4 is 5.73 Å². The van der Waals surface area contributed by atoms with Crippen LogP contribution in [0.5, 0.6) is 0 Å². The van der Waals surface area contributed by atoms with Crippen molar-refractivity contribution in [2.24, 2.45) is 23.5 Å². The van der Waals surface area contributed by atoms with Crippen molar-refractivity contribution in [3.8, 4) is 0 Å². The molecule has 1 atom stereocenters. The van der Waals surface area contributed by atoms with E-state index < -0.39 is 0 Å². The van der Waals surface area contributed by atoms with Crippen LogP contribution in [-0.2, 0) is 17.8 Å². The third-order valence-electron chi connectivity index (χ3n) is 3.04. The minimum absolute atomic E-state index is 0.0887. The van der Waals surface area contributed by atoms with Crippen molar-refractivity contribution in [3.63, 3.8) is 0 Å². The molecule has 18 heavy (non-hydrogen) atoms. The highest BCUT2D eigenvalue weighted by molar-refractivity contribution is 5.83. The summed E-state index contributed by atoms with van der Waals surface area (Å²) in [7, 11) is 0. The molecule has 0 bridgehead atoms. The van der Waals surface area contributed by atoms with Crippen LogP contribution in [-0.4, -0.2) is 27.1 Å². The summed E-state index contributed by atoms with van der Waals surface area (Å²) >= 11 is 0. The number of nitrogens with zero attached hydrogens (tertiary/aromatic N) is 3. The van der Waals surface area contributed by atoms with E-state index in [2.05, 4.69) is 23.9 Å². The Bertz CT molecular complexity index is 384. The number of hydrogen-bond donors (Lipinski definition) is 1. The van der Waals surface area contributed by atoms with Crippen molar-refractivity contribution < 1.29 is 4.79 Å². The number of carbonyl (C=O) groups excluding carboxylic acids is 1. The number of Topliss-reactive ketones (excluding diaryl/α,β-unsaturated/α-hetero) is 1. The van der Waals surface area contributed by atoms with E-state index in [0.29, 0.717) is 18.9 Å². The van der Waals surface area contributed by atoms with E-state index in [-0.39, 0.29) is 17.6 Å². The predicted octanol–water partition coefficient (Wildman–Crippen LogP) is 1.28. The Morgan fingerprint density at radius 1 is 1.39 bits per heavy atom. The summed E-state index contributed by atoms with van der Waals surface area (Å²) in [5, 5.41) is 4.16. The molecule has 1 rings (SSSR count). The standard InChI is InChI=1S/C13H24N4O/c1-9(2)7-17-13(15-8-16-17)5-12(18)11(6-14)10(3)4/h8-11H,5-7,14H2,1-4H3. The summed E-state index contributed by atoms with van der Waals surface area (Å²) in [5.74, 6) is 1.56. The van der Waals surface area contributed by atoms with Crippen LogP contribution >= 0.6 is 0 Å². The van der Waals surface area contributed by atoms with Crippen molar-refractivity contribution >= 4 is 5.78 Å². The van der Waals surface area contributed by atoms with Gasteiger partial charge in [-0.2, -0.15) is 5.10 Å². The zero-order chi connectivity index (χ0) is 13.7. The van der Waals surface area contributed by atoms with E-state index in [0.717, 1.165) is 12.4 Å². The van der Waals surface area contributed by atoms with Gasteiger partial charge in [0.05, 0.1) is 6.42 Å². The molecule has 0 aromatic carbocycles. The molecule has 0 amide bonds. The molecule has 0 radical (unpaired) electrons. The lowest BCUT2D eigenvalue weighted by atomic mass is 9.90. The fraction of sp³-hybridized carbons (Fsp3) is 0.769. The lowest BCUT2D eigenvalue weighted by molar-refractivity contribution is -0.123. The van der Waals surface area contributed by atoms with E-state index in [1.807, 2.05) is 18.5 Å². The second-order valence-electron chi connectivity index (χ2n) is 5.48. The first-order valence-corrected chi connectivity index (χ1v) is 6.55. The molecular weight excluding hydrogens is 228 g/mol. The highest BCUT2D eigenvalue weighted by Gasteiger charge is 2.22. The molecule has 0 aliphatic rings. The lowest BCUT2D eigenvalue weighted by Crippen LogP contribution is -2.30. The van der Waals surface area contributed by atoms with Crippen molar-refractivity contribution in [1.29, 1.82) is 0 Å². The van der Waals surface area contributed by atoms with Gasteiger partial charge in [0, 0.05) is 19.0 Å². The molecule has 0 saturated carbocycles. The number of rotatable bonds is 7. The molecule has 1 aromatic rings. The summed E-state index contributed by atoms with van der Waals surface area (Å²) in [6, 6.07) is 0. The third-order valence-corrected chi connectivity index (χ3v) is 3.04. The smallest absolute Gasteiger partial charge is 0.145 e. The van der Waals surface area contributed by atoms with Gasteiger partial charge in [0.25, 0.3) is 0 Å². The van der Waals surface area contributed by atoms with Gasteiger partial charge >= 0.3 is 0 Å². The van der Waals surface area contributed by atoms with Crippen LogP contribution in [0.1, 0.15) is 33.5 Å². The Balaban J connectivity index is 2.72. The lowest BCUT2D eigenvalue weighted by Gasteiger charge is -2.17. The van der Waals surface area contributed by atoms with Gasteiger partial charge in [-0.25, -0.2) is 9.67 Å². The SMILES string of the molecule is CC(C)Cn1ncnc1CC(=O)C(CN)C(C)C. The normalized spacial score (nSPS) is 13.3. The van der Waals surface area contributed by atoms with Crippen LogP contribution in [0.25, 0.3) is 0 Å². The van der Waals surface area contributed by atoms with Crippen LogP contribution in [0.2, 0.25) is 0 Å². The number of ketones is 1. The Morgan fingerprint density at radius 2 is 2.06 bits per heavy atom. The molecule has 1 unspecified atom stereocenters. The van der Waals surface area contributed by atoms with Crippen molar-refractivity contribution in [1.82, 2.24) is 14.8 Å². The summed E-state index contributed by atoms with van der Waals surface area (Å²) < 4.78 is 1.82. The quantitative estimate of drug-likeness (QED) is 0.793. The van der Waals surface area contributed by atoms with Crippen LogP contribution in [0.15, 0.2) is 6.33 Å². The topological polar surface area (TPSA) is 73.8 Å². The molecular formula is C13H24N4O. The van der Waals surface area contributed by atoms with Crippen molar-refractivity contribution in [3.05, 3.63) is 12.2 Å². The fourth-order valence-electron chi connectivity index (χ4n) is 1.99. The molecule has 2 N–H and O–H groups in total. The number of hydrogen-bond acceptors (Lipinski definition) is 4. The maximum absolute atomic E-state index is 12.2. The molecule has 1 aromatic heterocycles. The Labute approximate surface area is 109 Å². The first-order valence-electron chi connectivity index (χ1n) is 6.55. The predicted molar refractivity (Wildman–Crippen MR) is 71.0 cm³/mol. The van der Waals surface area contributed by atoms with Crippen LogP contribution in [0.3, 0.4) is 0 Å². The van der Waals surface area contributed by atoms with Gasteiger partial charge < -0.3 is 5.73 Å². The number of nitrogens with two attached hydrogens (primary N) is 1. The maximum atomic E-state index is 12.2. The molecule has 5 nitrogen and oxygen atoms in total. The first kappa shape index (κ1) is 14.8. The highest BCUT2D eigenvalue weighted by Crippen LogP contribution is 2.13. The van der Waals surface area contributed by atoms with E-state index >= 15 is 0 Å². The number of aromatic nitrogens is 3. The Hall–Kier alpha value is -1.23. The maximum Gasteiger partial charge on any atom is 0.145 e.